The zero-order chi connectivity index (χ0) is 14.7. The normalized spacial score (nSPS) is 10.8. The second kappa shape index (κ2) is 5.89. The van der Waals surface area contributed by atoms with Gasteiger partial charge in [0.15, 0.2) is 0 Å². The van der Waals surface area contributed by atoms with Crippen molar-refractivity contribution in [2.24, 2.45) is 0 Å². The average Bonchev–Trinajstić information content (AvgIpc) is 2.51. The fraction of sp³-hybridized carbons (Fsp3) is 0.176. The van der Waals surface area contributed by atoms with E-state index < -0.39 is 0 Å². The summed E-state index contributed by atoms with van der Waals surface area (Å²) in [6.07, 6.45) is 1.78. The van der Waals surface area contributed by atoms with Crippen LogP contribution in [-0.4, -0.2) is 17.0 Å². The second-order valence-corrected chi connectivity index (χ2v) is 4.85. The molecule has 0 aliphatic rings. The zero-order valence-corrected chi connectivity index (χ0v) is 12.1. The van der Waals surface area contributed by atoms with Crippen molar-refractivity contribution in [1.82, 2.24) is 15.3 Å². The Kier molecular flexibility index (Phi) is 3.79. The molecule has 2 aromatic heterocycles. The SMILES string of the molecule is CNCc1ccc(Oc2cccc3ncccc23)nc1C. The number of benzene rings is 1. The summed E-state index contributed by atoms with van der Waals surface area (Å²) < 4.78 is 5.93. The van der Waals surface area contributed by atoms with Crippen molar-refractivity contribution in [3.05, 3.63) is 59.9 Å². The number of fused-ring (bicyclic) bond motifs is 1. The molecule has 0 amide bonds. The lowest BCUT2D eigenvalue weighted by Crippen LogP contribution is -2.07. The monoisotopic (exact) mass is 279 g/mol. The number of nitrogens with zero attached hydrogens (tertiary/aromatic N) is 2. The van der Waals surface area contributed by atoms with Crippen molar-refractivity contribution in [1.29, 1.82) is 0 Å². The summed E-state index contributed by atoms with van der Waals surface area (Å²) in [4.78, 5) is 8.84. The van der Waals surface area contributed by atoms with Crippen LogP contribution in [-0.2, 0) is 6.54 Å². The van der Waals surface area contributed by atoms with Crippen LogP contribution in [0, 0.1) is 6.92 Å². The van der Waals surface area contributed by atoms with Crippen molar-refractivity contribution in [2.75, 3.05) is 7.05 Å². The Morgan fingerprint density at radius 2 is 2.00 bits per heavy atom. The van der Waals surface area contributed by atoms with Gasteiger partial charge in [-0.1, -0.05) is 12.1 Å². The summed E-state index contributed by atoms with van der Waals surface area (Å²) in [5.41, 5.74) is 3.06. The molecule has 0 saturated carbocycles. The third kappa shape index (κ3) is 2.85. The van der Waals surface area contributed by atoms with Crippen molar-refractivity contribution >= 4 is 10.9 Å². The lowest BCUT2D eigenvalue weighted by atomic mass is 10.2. The fourth-order valence-corrected chi connectivity index (χ4v) is 2.28. The maximum absolute atomic E-state index is 5.93. The maximum Gasteiger partial charge on any atom is 0.219 e. The van der Waals surface area contributed by atoms with E-state index in [0.717, 1.165) is 28.9 Å². The number of ether oxygens (including phenoxy) is 1. The van der Waals surface area contributed by atoms with E-state index in [-0.39, 0.29) is 0 Å². The van der Waals surface area contributed by atoms with Gasteiger partial charge < -0.3 is 10.1 Å². The molecule has 21 heavy (non-hydrogen) atoms. The Hall–Kier alpha value is -2.46. The molecule has 2 heterocycles. The Morgan fingerprint density at radius 1 is 1.10 bits per heavy atom. The molecule has 0 spiro atoms. The molecule has 0 fully saturated rings. The Balaban J connectivity index is 1.93. The molecule has 106 valence electrons. The van der Waals surface area contributed by atoms with Crippen molar-refractivity contribution in [3.8, 4) is 11.6 Å². The quantitative estimate of drug-likeness (QED) is 0.794. The number of nitrogens with one attached hydrogen (secondary N) is 1. The Bertz CT molecular complexity index is 766. The average molecular weight is 279 g/mol. The lowest BCUT2D eigenvalue weighted by Gasteiger charge is -2.10. The van der Waals surface area contributed by atoms with Gasteiger partial charge in [0.05, 0.1) is 5.52 Å². The minimum Gasteiger partial charge on any atom is -0.438 e. The van der Waals surface area contributed by atoms with Gasteiger partial charge in [-0.3, -0.25) is 4.98 Å². The molecular weight excluding hydrogens is 262 g/mol. The zero-order valence-electron chi connectivity index (χ0n) is 12.1. The van der Waals surface area contributed by atoms with E-state index >= 15 is 0 Å². The Labute approximate surface area is 123 Å². The maximum atomic E-state index is 5.93. The summed E-state index contributed by atoms with van der Waals surface area (Å²) in [6, 6.07) is 13.7. The predicted molar refractivity (Wildman–Crippen MR) is 83.6 cm³/mol. The molecule has 0 saturated heterocycles. The van der Waals surface area contributed by atoms with Crippen LogP contribution < -0.4 is 10.1 Å². The summed E-state index contributed by atoms with van der Waals surface area (Å²) in [5.74, 6) is 1.37. The van der Waals surface area contributed by atoms with E-state index in [9.17, 15) is 0 Å². The summed E-state index contributed by atoms with van der Waals surface area (Å²) >= 11 is 0. The van der Waals surface area contributed by atoms with Crippen LogP contribution in [0.5, 0.6) is 11.6 Å². The molecule has 3 aromatic rings. The van der Waals surface area contributed by atoms with Crippen molar-refractivity contribution < 1.29 is 4.74 Å². The molecule has 0 bridgehead atoms. The standard InChI is InChI=1S/C17H17N3O/c1-12-13(11-18-2)8-9-17(20-12)21-16-7-3-6-15-14(16)5-4-10-19-15/h3-10,18H,11H2,1-2H3. The highest BCUT2D eigenvalue weighted by molar-refractivity contribution is 5.85. The summed E-state index contributed by atoms with van der Waals surface area (Å²) in [6.45, 7) is 2.79. The first-order valence-electron chi connectivity index (χ1n) is 6.90. The van der Waals surface area contributed by atoms with Crippen LogP contribution in [0.1, 0.15) is 11.3 Å². The smallest absolute Gasteiger partial charge is 0.219 e. The first kappa shape index (κ1) is 13.5. The molecule has 1 aromatic carbocycles. The van der Waals surface area contributed by atoms with Crippen LogP contribution in [0.3, 0.4) is 0 Å². The van der Waals surface area contributed by atoms with E-state index in [1.165, 1.54) is 5.56 Å². The molecule has 0 atom stereocenters. The second-order valence-electron chi connectivity index (χ2n) is 4.85. The minimum absolute atomic E-state index is 0.601. The van der Waals surface area contributed by atoms with E-state index in [1.54, 1.807) is 6.20 Å². The predicted octanol–water partition coefficient (Wildman–Crippen LogP) is 3.45. The highest BCUT2D eigenvalue weighted by Gasteiger charge is 2.06. The van der Waals surface area contributed by atoms with Gasteiger partial charge in [-0.25, -0.2) is 4.98 Å². The molecular formula is C17H17N3O. The number of hydrogen-bond donors (Lipinski definition) is 1. The molecule has 0 unspecified atom stereocenters. The van der Waals surface area contributed by atoms with Gasteiger partial charge in [0.25, 0.3) is 0 Å². The van der Waals surface area contributed by atoms with Crippen molar-refractivity contribution in [2.45, 2.75) is 13.5 Å². The van der Waals surface area contributed by atoms with Crippen LogP contribution >= 0.6 is 0 Å². The molecule has 0 radical (unpaired) electrons. The van der Waals surface area contributed by atoms with Crippen LogP contribution in [0.15, 0.2) is 48.7 Å². The first-order valence-corrected chi connectivity index (χ1v) is 6.90. The molecule has 1 N–H and O–H groups in total. The minimum atomic E-state index is 0.601. The van der Waals surface area contributed by atoms with Crippen LogP contribution in [0.2, 0.25) is 0 Å². The molecule has 0 aliphatic heterocycles. The van der Waals surface area contributed by atoms with Gasteiger partial charge in [0, 0.05) is 29.9 Å². The summed E-state index contributed by atoms with van der Waals surface area (Å²) in [7, 11) is 1.92. The van der Waals surface area contributed by atoms with Crippen LogP contribution in [0.4, 0.5) is 0 Å². The fourth-order valence-electron chi connectivity index (χ4n) is 2.28. The van der Waals surface area contributed by atoms with Gasteiger partial charge in [-0.15, -0.1) is 0 Å². The largest absolute Gasteiger partial charge is 0.438 e. The summed E-state index contributed by atoms with van der Waals surface area (Å²) in [5, 5.41) is 4.11. The number of pyridine rings is 2. The van der Waals surface area contributed by atoms with E-state index in [1.807, 2.05) is 56.4 Å². The van der Waals surface area contributed by atoms with E-state index in [2.05, 4.69) is 15.3 Å². The van der Waals surface area contributed by atoms with Gasteiger partial charge in [0.1, 0.15) is 5.75 Å². The highest BCUT2D eigenvalue weighted by atomic mass is 16.5. The molecule has 0 aliphatic carbocycles. The highest BCUT2D eigenvalue weighted by Crippen LogP contribution is 2.28. The lowest BCUT2D eigenvalue weighted by molar-refractivity contribution is 0.466. The first-order chi connectivity index (χ1) is 10.3. The number of aryl methyl sites for hydroxylation is 1. The third-order valence-electron chi connectivity index (χ3n) is 3.36. The van der Waals surface area contributed by atoms with Gasteiger partial charge in [-0.05, 0) is 43.8 Å². The molecule has 4 heteroatoms. The van der Waals surface area contributed by atoms with Gasteiger partial charge in [0.2, 0.25) is 5.88 Å². The Morgan fingerprint density at radius 3 is 2.81 bits per heavy atom. The van der Waals surface area contributed by atoms with Gasteiger partial charge in [-0.2, -0.15) is 0 Å². The molecule has 4 nitrogen and oxygen atoms in total. The third-order valence-corrected chi connectivity index (χ3v) is 3.36. The van der Waals surface area contributed by atoms with Crippen molar-refractivity contribution in [3.63, 3.8) is 0 Å². The van der Waals surface area contributed by atoms with Gasteiger partial charge >= 0.3 is 0 Å². The number of aromatic nitrogens is 2. The van der Waals surface area contributed by atoms with E-state index in [0.29, 0.717) is 5.88 Å². The number of hydrogen-bond acceptors (Lipinski definition) is 4. The van der Waals surface area contributed by atoms with Crippen LogP contribution in [0.25, 0.3) is 10.9 Å². The topological polar surface area (TPSA) is 47.0 Å². The molecule has 3 rings (SSSR count). The number of rotatable bonds is 4. The van der Waals surface area contributed by atoms with E-state index in [4.69, 9.17) is 4.74 Å².